The summed E-state index contributed by atoms with van der Waals surface area (Å²) in [5.74, 6) is 1.44. The summed E-state index contributed by atoms with van der Waals surface area (Å²) in [7, 11) is 1.48. The quantitative estimate of drug-likeness (QED) is 0.652. The molecule has 0 bridgehead atoms. The average Bonchev–Trinajstić information content (AvgIpc) is 3.12. The van der Waals surface area contributed by atoms with E-state index in [0.29, 0.717) is 29.5 Å². The van der Waals surface area contributed by atoms with Gasteiger partial charge < -0.3 is 19.0 Å². The van der Waals surface area contributed by atoms with E-state index in [9.17, 15) is 9.90 Å². The van der Waals surface area contributed by atoms with Gasteiger partial charge in [0.2, 0.25) is 5.89 Å². The van der Waals surface area contributed by atoms with E-state index in [1.165, 1.54) is 19.4 Å². The number of phenols is 1. The predicted octanol–water partition coefficient (Wildman–Crippen LogP) is 3.81. The molecule has 0 saturated heterocycles. The molecule has 0 saturated carbocycles. The number of benzene rings is 2. The van der Waals surface area contributed by atoms with Gasteiger partial charge >= 0.3 is 0 Å². The van der Waals surface area contributed by atoms with E-state index in [2.05, 4.69) is 4.98 Å². The molecule has 0 spiro atoms. The lowest BCUT2D eigenvalue weighted by atomic mass is 10.1. The van der Waals surface area contributed by atoms with E-state index in [1.807, 2.05) is 31.2 Å². The monoisotopic (exact) mass is 367 g/mol. The smallest absolute Gasteiger partial charge is 0.226 e. The van der Waals surface area contributed by atoms with Crippen LogP contribution in [0.3, 0.4) is 0 Å². The molecule has 3 rings (SSSR count). The van der Waals surface area contributed by atoms with Crippen molar-refractivity contribution in [2.45, 2.75) is 19.8 Å². The zero-order chi connectivity index (χ0) is 19.2. The van der Waals surface area contributed by atoms with Crippen LogP contribution in [0.2, 0.25) is 0 Å². The van der Waals surface area contributed by atoms with Crippen molar-refractivity contribution in [2.24, 2.45) is 0 Å². The number of rotatable bonds is 8. The number of hydrogen-bond donors (Lipinski definition) is 1. The Labute approximate surface area is 157 Å². The summed E-state index contributed by atoms with van der Waals surface area (Å²) in [5.41, 5.74) is 2.00. The summed E-state index contributed by atoms with van der Waals surface area (Å²) in [6.07, 6.45) is 1.89. The number of carbonyl (C=O) groups excluding carboxylic acids is 1. The van der Waals surface area contributed by atoms with Gasteiger partial charge in [-0.05, 0) is 31.2 Å². The highest BCUT2D eigenvalue weighted by Gasteiger charge is 2.14. The number of ether oxygens (including phenoxy) is 2. The molecule has 3 aromatic rings. The number of oxazole rings is 1. The number of methoxy groups -OCH3 is 1. The van der Waals surface area contributed by atoms with Crippen molar-refractivity contribution in [3.8, 4) is 28.7 Å². The fourth-order valence-corrected chi connectivity index (χ4v) is 2.77. The molecule has 0 aliphatic carbocycles. The van der Waals surface area contributed by atoms with Gasteiger partial charge in [-0.15, -0.1) is 0 Å². The third kappa shape index (κ3) is 4.47. The Kier molecular flexibility index (Phi) is 5.76. The highest BCUT2D eigenvalue weighted by Crippen LogP contribution is 2.31. The number of carbonyl (C=O) groups is 1. The summed E-state index contributed by atoms with van der Waals surface area (Å²) in [4.78, 5) is 16.8. The summed E-state index contributed by atoms with van der Waals surface area (Å²) < 4.78 is 16.0. The second-order valence-corrected chi connectivity index (χ2v) is 5.96. The Morgan fingerprint density at radius 2 is 1.96 bits per heavy atom. The first-order valence-electron chi connectivity index (χ1n) is 8.65. The second kappa shape index (κ2) is 8.40. The number of phenolic OH excluding ortho intramolecular Hbond substituents is 1. The van der Waals surface area contributed by atoms with Crippen LogP contribution < -0.4 is 9.47 Å². The maximum Gasteiger partial charge on any atom is 0.226 e. The van der Waals surface area contributed by atoms with Crippen LogP contribution >= 0.6 is 0 Å². The van der Waals surface area contributed by atoms with Crippen molar-refractivity contribution < 1.29 is 23.8 Å². The molecular formula is C21H21NO5. The topological polar surface area (TPSA) is 81.8 Å². The van der Waals surface area contributed by atoms with Crippen molar-refractivity contribution in [1.29, 1.82) is 0 Å². The van der Waals surface area contributed by atoms with Gasteiger partial charge in [-0.2, -0.15) is 0 Å². The van der Waals surface area contributed by atoms with Crippen LogP contribution in [0.25, 0.3) is 11.5 Å². The summed E-state index contributed by atoms with van der Waals surface area (Å²) in [6.45, 7) is 2.46. The minimum absolute atomic E-state index is 0.00152. The lowest BCUT2D eigenvalue weighted by Gasteiger charge is -2.08. The molecule has 27 heavy (non-hydrogen) atoms. The zero-order valence-electron chi connectivity index (χ0n) is 15.3. The van der Waals surface area contributed by atoms with E-state index in [0.717, 1.165) is 11.3 Å². The number of Topliss-reactive ketones (excluding diaryl/α,β-unsaturated/α-hetero) is 1. The molecule has 0 atom stereocenters. The summed E-state index contributed by atoms with van der Waals surface area (Å²) in [6, 6.07) is 12.4. The van der Waals surface area contributed by atoms with Gasteiger partial charge in [-0.25, -0.2) is 4.98 Å². The van der Waals surface area contributed by atoms with Crippen LogP contribution in [-0.2, 0) is 17.6 Å². The Balaban J connectivity index is 1.69. The number of aromatic nitrogens is 1. The lowest BCUT2D eigenvalue weighted by Crippen LogP contribution is -2.08. The molecule has 0 aliphatic rings. The summed E-state index contributed by atoms with van der Waals surface area (Å²) >= 11 is 0. The molecule has 1 N–H and O–H groups in total. The van der Waals surface area contributed by atoms with E-state index >= 15 is 0 Å². The first-order valence-corrected chi connectivity index (χ1v) is 8.65. The molecule has 0 radical (unpaired) electrons. The van der Waals surface area contributed by atoms with Crippen LogP contribution in [0, 0.1) is 0 Å². The highest BCUT2D eigenvalue weighted by atomic mass is 16.5. The lowest BCUT2D eigenvalue weighted by molar-refractivity contribution is -0.117. The fourth-order valence-electron chi connectivity index (χ4n) is 2.77. The molecule has 6 heteroatoms. The van der Waals surface area contributed by atoms with Crippen LogP contribution in [-0.4, -0.2) is 29.6 Å². The molecular weight excluding hydrogens is 346 g/mol. The second-order valence-electron chi connectivity index (χ2n) is 5.96. The van der Waals surface area contributed by atoms with Crippen molar-refractivity contribution in [2.75, 3.05) is 13.7 Å². The number of para-hydroxylation sites is 1. The number of ketones is 1. The Hall–Kier alpha value is -3.28. The van der Waals surface area contributed by atoms with Crippen molar-refractivity contribution in [1.82, 2.24) is 4.98 Å². The predicted molar refractivity (Wildman–Crippen MR) is 100 cm³/mol. The third-order valence-corrected chi connectivity index (χ3v) is 4.02. The minimum atomic E-state index is -0.00152. The first-order chi connectivity index (χ1) is 13.1. The number of nitrogens with zero attached hydrogens (tertiary/aromatic N) is 1. The molecule has 0 aliphatic heterocycles. The van der Waals surface area contributed by atoms with Gasteiger partial charge in [-0.1, -0.05) is 18.2 Å². The average molecular weight is 367 g/mol. The van der Waals surface area contributed by atoms with Gasteiger partial charge in [0.25, 0.3) is 0 Å². The standard InChI is InChI=1S/C21H21NO5/c1-3-26-19-7-5-4-6-14(19)10-17(23)12-16-13-27-21(22-16)15-8-9-20(25-2)18(24)11-15/h4-9,11,13,24H,3,10,12H2,1-2H3. The minimum Gasteiger partial charge on any atom is -0.504 e. The van der Waals surface area contributed by atoms with Crippen LogP contribution in [0.4, 0.5) is 0 Å². The van der Waals surface area contributed by atoms with Gasteiger partial charge in [0.15, 0.2) is 11.5 Å². The van der Waals surface area contributed by atoms with E-state index < -0.39 is 0 Å². The van der Waals surface area contributed by atoms with Gasteiger partial charge in [0.1, 0.15) is 17.8 Å². The van der Waals surface area contributed by atoms with Crippen LogP contribution in [0.5, 0.6) is 17.2 Å². The molecule has 2 aromatic carbocycles. The SMILES string of the molecule is CCOc1ccccc1CC(=O)Cc1coc(-c2ccc(OC)c(O)c2)n1. The van der Waals surface area contributed by atoms with Gasteiger partial charge in [0.05, 0.1) is 25.8 Å². The number of aromatic hydroxyl groups is 1. The normalized spacial score (nSPS) is 10.6. The van der Waals surface area contributed by atoms with Gasteiger partial charge in [0, 0.05) is 17.5 Å². The fraction of sp³-hybridized carbons (Fsp3) is 0.238. The van der Waals surface area contributed by atoms with E-state index in [1.54, 1.807) is 12.1 Å². The van der Waals surface area contributed by atoms with E-state index in [-0.39, 0.29) is 24.4 Å². The molecule has 140 valence electrons. The maximum atomic E-state index is 12.4. The highest BCUT2D eigenvalue weighted by molar-refractivity contribution is 5.83. The Morgan fingerprint density at radius 1 is 1.15 bits per heavy atom. The van der Waals surface area contributed by atoms with Crippen molar-refractivity contribution >= 4 is 5.78 Å². The molecule has 6 nitrogen and oxygen atoms in total. The number of hydrogen-bond acceptors (Lipinski definition) is 6. The molecule has 1 heterocycles. The third-order valence-electron chi connectivity index (χ3n) is 4.02. The molecule has 0 fully saturated rings. The summed E-state index contributed by atoms with van der Waals surface area (Å²) in [5, 5.41) is 9.88. The maximum absolute atomic E-state index is 12.4. The zero-order valence-corrected chi connectivity index (χ0v) is 15.3. The molecule has 0 amide bonds. The Morgan fingerprint density at radius 3 is 2.70 bits per heavy atom. The Bertz CT molecular complexity index is 932. The first kappa shape index (κ1) is 18.5. The van der Waals surface area contributed by atoms with Crippen LogP contribution in [0.1, 0.15) is 18.2 Å². The van der Waals surface area contributed by atoms with E-state index in [4.69, 9.17) is 13.9 Å². The molecule has 1 aromatic heterocycles. The van der Waals surface area contributed by atoms with Crippen LogP contribution in [0.15, 0.2) is 53.1 Å². The van der Waals surface area contributed by atoms with Crippen molar-refractivity contribution in [3.63, 3.8) is 0 Å². The molecule has 0 unspecified atom stereocenters. The van der Waals surface area contributed by atoms with Crippen molar-refractivity contribution in [3.05, 3.63) is 60.0 Å². The van der Waals surface area contributed by atoms with Gasteiger partial charge in [-0.3, -0.25) is 4.79 Å². The largest absolute Gasteiger partial charge is 0.504 e.